The van der Waals surface area contributed by atoms with E-state index >= 15 is 0 Å². The van der Waals surface area contributed by atoms with Gasteiger partial charge in [0.05, 0.1) is 22.8 Å². The monoisotopic (exact) mass is 378 g/mol. The molecule has 0 aromatic heterocycles. The van der Waals surface area contributed by atoms with Crippen molar-refractivity contribution >= 4 is 21.4 Å². The Morgan fingerprint density at radius 2 is 1.71 bits per heavy atom. The van der Waals surface area contributed by atoms with E-state index in [1.165, 1.54) is 36.4 Å². The van der Waals surface area contributed by atoms with Crippen LogP contribution in [0.15, 0.2) is 53.4 Å². The Labute approximate surface area is 142 Å². The predicted octanol–water partition coefficient (Wildman–Crippen LogP) is 4.60. The lowest BCUT2D eigenvalue weighted by molar-refractivity contribution is -0.137. The molecule has 2 aromatic rings. The maximum atomic E-state index is 12.6. The van der Waals surface area contributed by atoms with Gasteiger partial charge in [-0.15, -0.1) is 0 Å². The smallest absolute Gasteiger partial charge is 0.416 e. The molecule has 0 bridgehead atoms. The Hall–Kier alpha value is -1.73. The van der Waals surface area contributed by atoms with E-state index in [0.29, 0.717) is 5.02 Å². The Morgan fingerprint density at radius 1 is 1.04 bits per heavy atom. The van der Waals surface area contributed by atoms with E-state index in [4.69, 9.17) is 16.3 Å². The second-order valence-corrected chi connectivity index (χ2v) is 7.55. The minimum absolute atomic E-state index is 0.00582. The first-order valence-electron chi connectivity index (χ1n) is 6.97. The van der Waals surface area contributed by atoms with E-state index in [9.17, 15) is 21.6 Å². The molecule has 8 heteroatoms. The number of benzene rings is 2. The van der Waals surface area contributed by atoms with E-state index < -0.39 is 21.6 Å². The molecule has 0 aliphatic heterocycles. The van der Waals surface area contributed by atoms with E-state index in [1.807, 2.05) is 0 Å². The fraction of sp³-hybridized carbons (Fsp3) is 0.250. The van der Waals surface area contributed by atoms with Gasteiger partial charge in [-0.1, -0.05) is 17.7 Å². The summed E-state index contributed by atoms with van der Waals surface area (Å²) in [5, 5.41) is 0.432. The number of hydrogen-bond donors (Lipinski definition) is 0. The van der Waals surface area contributed by atoms with Gasteiger partial charge in [-0.25, -0.2) is 8.42 Å². The summed E-state index contributed by atoms with van der Waals surface area (Å²) in [6.07, 6.45) is -4.29. The molecule has 0 fully saturated rings. The summed E-state index contributed by atoms with van der Waals surface area (Å²) in [4.78, 5) is 0.144. The van der Waals surface area contributed by atoms with Gasteiger partial charge in [0.1, 0.15) is 5.75 Å². The van der Waals surface area contributed by atoms with Gasteiger partial charge in [0.25, 0.3) is 0 Å². The van der Waals surface area contributed by atoms with Gasteiger partial charge in [-0.2, -0.15) is 13.2 Å². The Bertz CT molecular complexity index is 787. The first-order valence-corrected chi connectivity index (χ1v) is 9.00. The number of halogens is 4. The second kappa shape index (κ2) is 7.44. The molecule has 0 radical (unpaired) electrons. The quantitative estimate of drug-likeness (QED) is 0.690. The van der Waals surface area contributed by atoms with E-state index in [-0.39, 0.29) is 29.4 Å². The van der Waals surface area contributed by atoms with Crippen LogP contribution in [-0.4, -0.2) is 20.8 Å². The predicted molar refractivity (Wildman–Crippen MR) is 85.1 cm³/mol. The van der Waals surface area contributed by atoms with Crippen LogP contribution in [0, 0.1) is 0 Å². The zero-order valence-corrected chi connectivity index (χ0v) is 14.0. The van der Waals surface area contributed by atoms with Crippen molar-refractivity contribution < 1.29 is 26.3 Å². The standard InChI is InChI=1S/C16H14ClF3O3S/c17-13-5-7-15(8-6-13)24(21,22)10-2-9-23-14-4-1-3-12(11-14)16(18,19)20/h1,3-8,11H,2,9-10H2. The van der Waals surface area contributed by atoms with Crippen LogP contribution in [0.3, 0.4) is 0 Å². The molecular formula is C16H14ClF3O3S. The molecule has 0 amide bonds. The van der Waals surface area contributed by atoms with E-state index in [2.05, 4.69) is 0 Å². The minimum Gasteiger partial charge on any atom is -0.494 e. The van der Waals surface area contributed by atoms with Gasteiger partial charge in [-0.05, 0) is 48.9 Å². The summed E-state index contributed by atoms with van der Waals surface area (Å²) in [6, 6.07) is 10.2. The van der Waals surface area contributed by atoms with Crippen LogP contribution in [0.1, 0.15) is 12.0 Å². The highest BCUT2D eigenvalue weighted by molar-refractivity contribution is 7.91. The summed E-state index contributed by atoms with van der Waals surface area (Å²) < 4.78 is 67.1. The molecule has 24 heavy (non-hydrogen) atoms. The zero-order chi connectivity index (χ0) is 17.8. The van der Waals surface area contributed by atoms with Gasteiger partial charge in [-0.3, -0.25) is 0 Å². The van der Waals surface area contributed by atoms with E-state index in [1.54, 1.807) is 0 Å². The average Bonchev–Trinajstić information content (AvgIpc) is 2.51. The summed E-state index contributed by atoms with van der Waals surface area (Å²) in [5.41, 5.74) is -0.811. The highest BCUT2D eigenvalue weighted by Crippen LogP contribution is 2.31. The molecule has 0 atom stereocenters. The third kappa shape index (κ3) is 5.14. The third-order valence-electron chi connectivity index (χ3n) is 3.16. The lowest BCUT2D eigenvalue weighted by Gasteiger charge is -2.10. The SMILES string of the molecule is O=S(=O)(CCCOc1cccc(C(F)(F)F)c1)c1ccc(Cl)cc1. The molecule has 2 aromatic carbocycles. The maximum Gasteiger partial charge on any atom is 0.416 e. The lowest BCUT2D eigenvalue weighted by atomic mass is 10.2. The highest BCUT2D eigenvalue weighted by atomic mass is 35.5. The molecule has 130 valence electrons. The number of ether oxygens (including phenoxy) is 1. The minimum atomic E-state index is -4.45. The van der Waals surface area contributed by atoms with Crippen molar-refractivity contribution in [2.24, 2.45) is 0 Å². The van der Waals surface area contributed by atoms with Crippen LogP contribution in [-0.2, 0) is 16.0 Å². The fourth-order valence-electron chi connectivity index (χ4n) is 1.96. The molecule has 0 unspecified atom stereocenters. The molecule has 0 aliphatic carbocycles. The summed E-state index contributed by atoms with van der Waals surface area (Å²) in [5.74, 6) is -0.123. The third-order valence-corrected chi connectivity index (χ3v) is 5.23. The summed E-state index contributed by atoms with van der Waals surface area (Å²) in [6.45, 7) is -0.00582. The van der Waals surface area contributed by atoms with Gasteiger partial charge in [0, 0.05) is 5.02 Å². The van der Waals surface area contributed by atoms with Crippen molar-refractivity contribution in [1.29, 1.82) is 0 Å². The van der Waals surface area contributed by atoms with Crippen LogP contribution in [0.4, 0.5) is 13.2 Å². The van der Waals surface area contributed by atoms with Crippen molar-refractivity contribution in [3.05, 3.63) is 59.1 Å². The largest absolute Gasteiger partial charge is 0.494 e. The van der Waals surface area contributed by atoms with Gasteiger partial charge < -0.3 is 4.74 Å². The normalized spacial score (nSPS) is 12.2. The topological polar surface area (TPSA) is 43.4 Å². The number of alkyl halides is 3. The van der Waals surface area contributed by atoms with Crippen LogP contribution >= 0.6 is 11.6 Å². The molecule has 0 aliphatic rings. The van der Waals surface area contributed by atoms with Crippen molar-refractivity contribution in [3.8, 4) is 5.75 Å². The zero-order valence-electron chi connectivity index (χ0n) is 12.4. The molecule has 0 saturated carbocycles. The summed E-state index contributed by atoms with van der Waals surface area (Å²) in [7, 11) is -3.48. The lowest BCUT2D eigenvalue weighted by Crippen LogP contribution is -2.11. The molecule has 0 saturated heterocycles. The summed E-state index contributed by atoms with van der Waals surface area (Å²) >= 11 is 5.71. The maximum absolute atomic E-state index is 12.6. The Kier molecular flexibility index (Phi) is 5.77. The van der Waals surface area contributed by atoms with Crippen molar-refractivity contribution in [1.82, 2.24) is 0 Å². The number of hydrogen-bond acceptors (Lipinski definition) is 3. The first kappa shape index (κ1) is 18.6. The van der Waals surface area contributed by atoms with Crippen LogP contribution in [0.2, 0.25) is 5.02 Å². The van der Waals surface area contributed by atoms with Crippen molar-refractivity contribution in [2.75, 3.05) is 12.4 Å². The molecule has 2 rings (SSSR count). The van der Waals surface area contributed by atoms with E-state index in [0.717, 1.165) is 12.1 Å². The van der Waals surface area contributed by atoms with Crippen molar-refractivity contribution in [2.45, 2.75) is 17.5 Å². The molecule has 0 N–H and O–H groups in total. The van der Waals surface area contributed by atoms with Gasteiger partial charge >= 0.3 is 6.18 Å². The van der Waals surface area contributed by atoms with Crippen LogP contribution in [0.25, 0.3) is 0 Å². The molecular weight excluding hydrogens is 365 g/mol. The van der Waals surface area contributed by atoms with Gasteiger partial charge in [0.15, 0.2) is 9.84 Å². The number of rotatable bonds is 6. The molecule has 0 spiro atoms. The van der Waals surface area contributed by atoms with Crippen LogP contribution < -0.4 is 4.74 Å². The highest BCUT2D eigenvalue weighted by Gasteiger charge is 2.30. The number of sulfone groups is 1. The van der Waals surface area contributed by atoms with Crippen molar-refractivity contribution in [3.63, 3.8) is 0 Å². The molecule has 3 nitrogen and oxygen atoms in total. The fourth-order valence-corrected chi connectivity index (χ4v) is 3.37. The van der Waals surface area contributed by atoms with Crippen LogP contribution in [0.5, 0.6) is 5.75 Å². The Morgan fingerprint density at radius 3 is 2.33 bits per heavy atom. The Balaban J connectivity index is 1.90. The first-order chi connectivity index (χ1) is 11.2. The average molecular weight is 379 g/mol. The second-order valence-electron chi connectivity index (χ2n) is 5.00. The molecule has 0 heterocycles. The van der Waals surface area contributed by atoms with Gasteiger partial charge in [0.2, 0.25) is 0 Å².